The molecule has 0 saturated carbocycles. The lowest BCUT2D eigenvalue weighted by molar-refractivity contribution is -0.130. The van der Waals surface area contributed by atoms with Crippen molar-refractivity contribution in [3.8, 4) is 0 Å². The molecule has 2 saturated heterocycles. The smallest absolute Gasteiger partial charge is 0.222 e. The molecule has 3 rings (SSSR count). The zero-order valence-corrected chi connectivity index (χ0v) is 11.2. The number of nitrogens with two attached hydrogens (primary N) is 1. The molecule has 6 nitrogen and oxygen atoms in total. The van der Waals surface area contributed by atoms with Crippen LogP contribution in [0.3, 0.4) is 0 Å². The Morgan fingerprint density at radius 1 is 1.37 bits per heavy atom. The van der Waals surface area contributed by atoms with Gasteiger partial charge in [-0.3, -0.25) is 14.4 Å². The number of aryl methyl sites for hydroxylation is 1. The summed E-state index contributed by atoms with van der Waals surface area (Å²) in [4.78, 5) is 16.1. The Morgan fingerprint density at radius 2 is 2.26 bits per heavy atom. The molecule has 0 aromatic carbocycles. The van der Waals surface area contributed by atoms with Gasteiger partial charge in [-0.2, -0.15) is 5.10 Å². The summed E-state index contributed by atoms with van der Waals surface area (Å²) in [6.07, 6.45) is 4.76. The van der Waals surface area contributed by atoms with E-state index in [0.29, 0.717) is 17.8 Å². The standard InChI is InChI=1S/C13H21N5O/c14-12-4-7-17(15-12)6-1-5-16-8-9-18-11(10-16)2-3-13(18)19/h4,7,11H,1-3,5-6,8-10H2,(H2,14,15). The molecule has 1 aromatic heterocycles. The fraction of sp³-hybridized carbons (Fsp3) is 0.692. The lowest BCUT2D eigenvalue weighted by Gasteiger charge is -2.37. The molecule has 0 bridgehead atoms. The first-order valence-electron chi connectivity index (χ1n) is 7.03. The average molecular weight is 263 g/mol. The Morgan fingerprint density at radius 3 is 3.05 bits per heavy atom. The number of hydrogen-bond donors (Lipinski definition) is 1. The SMILES string of the molecule is Nc1ccn(CCCN2CCN3C(=O)CCC3C2)n1. The van der Waals surface area contributed by atoms with Gasteiger partial charge in [-0.05, 0) is 18.9 Å². The van der Waals surface area contributed by atoms with Crippen LogP contribution in [0, 0.1) is 0 Å². The van der Waals surface area contributed by atoms with Crippen molar-refractivity contribution in [2.24, 2.45) is 0 Å². The zero-order valence-electron chi connectivity index (χ0n) is 11.2. The molecule has 1 atom stereocenters. The molecular formula is C13H21N5O. The van der Waals surface area contributed by atoms with Crippen molar-refractivity contribution in [3.05, 3.63) is 12.3 Å². The summed E-state index contributed by atoms with van der Waals surface area (Å²) in [6, 6.07) is 2.28. The predicted octanol–water partition coefficient (Wildman–Crippen LogP) is 0.162. The van der Waals surface area contributed by atoms with E-state index in [2.05, 4.69) is 14.9 Å². The monoisotopic (exact) mass is 263 g/mol. The minimum atomic E-state index is 0.344. The van der Waals surface area contributed by atoms with E-state index >= 15 is 0 Å². The molecule has 1 aromatic rings. The summed E-state index contributed by atoms with van der Waals surface area (Å²) < 4.78 is 1.89. The highest BCUT2D eigenvalue weighted by atomic mass is 16.2. The lowest BCUT2D eigenvalue weighted by atomic mass is 10.1. The van der Waals surface area contributed by atoms with E-state index in [1.165, 1.54) is 0 Å². The number of piperazine rings is 1. The van der Waals surface area contributed by atoms with Gasteiger partial charge in [-0.15, -0.1) is 0 Å². The number of carbonyl (C=O) groups excluding carboxylic acids is 1. The number of rotatable bonds is 4. The molecule has 2 aliphatic rings. The summed E-state index contributed by atoms with van der Waals surface area (Å²) in [6.45, 7) is 4.91. The third kappa shape index (κ3) is 2.73. The minimum absolute atomic E-state index is 0.344. The van der Waals surface area contributed by atoms with Crippen molar-refractivity contribution in [1.29, 1.82) is 0 Å². The summed E-state index contributed by atoms with van der Waals surface area (Å²) in [5.41, 5.74) is 5.58. The highest BCUT2D eigenvalue weighted by molar-refractivity contribution is 5.78. The third-order valence-corrected chi connectivity index (χ3v) is 4.10. The van der Waals surface area contributed by atoms with Crippen molar-refractivity contribution < 1.29 is 4.79 Å². The van der Waals surface area contributed by atoms with Crippen LogP contribution >= 0.6 is 0 Å². The maximum Gasteiger partial charge on any atom is 0.222 e. The molecule has 3 heterocycles. The quantitative estimate of drug-likeness (QED) is 0.840. The Bertz CT molecular complexity index is 458. The first kappa shape index (κ1) is 12.5. The summed E-state index contributed by atoms with van der Waals surface area (Å²) >= 11 is 0. The van der Waals surface area contributed by atoms with Crippen LogP contribution < -0.4 is 5.73 Å². The van der Waals surface area contributed by atoms with Gasteiger partial charge in [-0.1, -0.05) is 0 Å². The molecular weight excluding hydrogens is 242 g/mol. The van der Waals surface area contributed by atoms with Gasteiger partial charge in [0.1, 0.15) is 5.82 Å². The molecule has 104 valence electrons. The van der Waals surface area contributed by atoms with Gasteiger partial charge in [0.2, 0.25) is 5.91 Å². The summed E-state index contributed by atoms with van der Waals surface area (Å²) in [7, 11) is 0. The topological polar surface area (TPSA) is 67.4 Å². The second-order valence-electron chi connectivity index (χ2n) is 5.44. The highest BCUT2D eigenvalue weighted by Gasteiger charge is 2.34. The van der Waals surface area contributed by atoms with Gasteiger partial charge in [0.15, 0.2) is 0 Å². The maximum atomic E-state index is 11.6. The molecule has 0 radical (unpaired) electrons. The minimum Gasteiger partial charge on any atom is -0.382 e. The van der Waals surface area contributed by atoms with Crippen molar-refractivity contribution >= 4 is 11.7 Å². The molecule has 1 unspecified atom stereocenters. The fourth-order valence-electron chi connectivity index (χ4n) is 3.09. The Labute approximate surface area is 113 Å². The number of aromatic nitrogens is 2. The van der Waals surface area contributed by atoms with E-state index in [1.54, 1.807) is 0 Å². The molecule has 1 amide bonds. The van der Waals surface area contributed by atoms with Crippen molar-refractivity contribution in [2.75, 3.05) is 31.9 Å². The number of hydrogen-bond acceptors (Lipinski definition) is 4. The molecule has 2 aliphatic heterocycles. The second-order valence-corrected chi connectivity index (χ2v) is 5.44. The van der Waals surface area contributed by atoms with Crippen LogP contribution in [0.5, 0.6) is 0 Å². The number of nitrogens with zero attached hydrogens (tertiary/aromatic N) is 4. The van der Waals surface area contributed by atoms with Crippen LogP contribution in [0.1, 0.15) is 19.3 Å². The van der Waals surface area contributed by atoms with Crippen LogP contribution in [0.25, 0.3) is 0 Å². The van der Waals surface area contributed by atoms with Gasteiger partial charge in [0.25, 0.3) is 0 Å². The van der Waals surface area contributed by atoms with Gasteiger partial charge in [0.05, 0.1) is 0 Å². The van der Waals surface area contributed by atoms with E-state index in [9.17, 15) is 4.79 Å². The first-order valence-corrected chi connectivity index (χ1v) is 7.03. The van der Waals surface area contributed by atoms with Gasteiger partial charge in [0, 0.05) is 51.4 Å². The van der Waals surface area contributed by atoms with Crippen molar-refractivity contribution in [1.82, 2.24) is 19.6 Å². The zero-order chi connectivity index (χ0) is 13.2. The van der Waals surface area contributed by atoms with Gasteiger partial charge >= 0.3 is 0 Å². The molecule has 6 heteroatoms. The molecule has 19 heavy (non-hydrogen) atoms. The van der Waals surface area contributed by atoms with Crippen molar-refractivity contribution in [3.63, 3.8) is 0 Å². The Balaban J connectivity index is 1.43. The lowest BCUT2D eigenvalue weighted by Crippen LogP contribution is -2.51. The van der Waals surface area contributed by atoms with Crippen LogP contribution in [0.2, 0.25) is 0 Å². The van der Waals surface area contributed by atoms with Crippen LogP contribution in [-0.2, 0) is 11.3 Å². The maximum absolute atomic E-state index is 11.6. The predicted molar refractivity (Wildman–Crippen MR) is 72.4 cm³/mol. The van der Waals surface area contributed by atoms with Crippen LogP contribution in [0.15, 0.2) is 12.3 Å². The number of nitrogen functional groups attached to an aromatic ring is 1. The van der Waals surface area contributed by atoms with Crippen LogP contribution in [0.4, 0.5) is 5.82 Å². The molecule has 0 aliphatic carbocycles. The molecule has 2 N–H and O–H groups in total. The fourth-order valence-corrected chi connectivity index (χ4v) is 3.09. The van der Waals surface area contributed by atoms with Crippen molar-refractivity contribution in [2.45, 2.75) is 31.8 Å². The van der Waals surface area contributed by atoms with E-state index in [1.807, 2.05) is 16.9 Å². The number of carbonyl (C=O) groups is 1. The first-order chi connectivity index (χ1) is 9.22. The van der Waals surface area contributed by atoms with Gasteiger partial charge < -0.3 is 10.6 Å². The summed E-state index contributed by atoms with van der Waals surface area (Å²) in [5, 5.41) is 4.18. The molecule has 2 fully saturated rings. The number of fused-ring (bicyclic) bond motifs is 1. The normalized spacial score (nSPS) is 23.9. The van der Waals surface area contributed by atoms with Gasteiger partial charge in [-0.25, -0.2) is 0 Å². The summed E-state index contributed by atoms with van der Waals surface area (Å²) in [5.74, 6) is 0.926. The van der Waals surface area contributed by atoms with Crippen LogP contribution in [-0.4, -0.2) is 57.7 Å². The molecule has 0 spiro atoms. The van der Waals surface area contributed by atoms with E-state index in [4.69, 9.17) is 5.73 Å². The third-order valence-electron chi connectivity index (χ3n) is 4.10. The number of anilines is 1. The largest absolute Gasteiger partial charge is 0.382 e. The Kier molecular flexibility index (Phi) is 3.42. The number of amides is 1. The van der Waals surface area contributed by atoms with E-state index in [0.717, 1.165) is 52.0 Å². The highest BCUT2D eigenvalue weighted by Crippen LogP contribution is 2.22. The van der Waals surface area contributed by atoms with E-state index in [-0.39, 0.29) is 0 Å². The van der Waals surface area contributed by atoms with E-state index < -0.39 is 0 Å². The average Bonchev–Trinajstić information content (AvgIpc) is 2.97. The Hall–Kier alpha value is -1.56. The second kappa shape index (κ2) is 5.21.